The van der Waals surface area contributed by atoms with Crippen LogP contribution in [0.1, 0.15) is 6.92 Å². The number of nitro benzene ring substituents is 1. The Morgan fingerprint density at radius 2 is 1.82 bits per heavy atom. The zero-order chi connectivity index (χ0) is 20.1. The number of benzene rings is 2. The molecule has 7 nitrogen and oxygen atoms in total. The Labute approximate surface area is 168 Å². The molecule has 2 aromatic carbocycles. The average Bonchev–Trinajstić information content (AvgIpc) is 2.73. The van der Waals surface area contributed by atoms with Gasteiger partial charge in [-0.3, -0.25) is 14.9 Å². The summed E-state index contributed by atoms with van der Waals surface area (Å²) < 4.78 is 5.28. The second-order valence-corrected chi connectivity index (χ2v) is 7.94. The Balaban J connectivity index is 1.54. The van der Waals surface area contributed by atoms with E-state index < -0.39 is 4.92 Å². The number of amides is 1. The van der Waals surface area contributed by atoms with E-state index in [0.29, 0.717) is 13.1 Å². The van der Waals surface area contributed by atoms with Gasteiger partial charge in [0.05, 0.1) is 17.3 Å². The van der Waals surface area contributed by atoms with E-state index in [2.05, 4.69) is 4.90 Å². The van der Waals surface area contributed by atoms with Crippen LogP contribution in [-0.4, -0.2) is 54.3 Å². The molecule has 1 aliphatic heterocycles. The molecule has 3 rings (SSSR count). The number of piperazine rings is 1. The summed E-state index contributed by atoms with van der Waals surface area (Å²) in [5, 5.41) is 10.5. The standard InChI is InChI=1S/C20H23N3O4S/c1-15(28-19-8-6-16(7-9-19)23(25)26)20(24)22-12-10-21(11-13-22)17-4-3-5-18(14-17)27-2/h3-9,14-15H,10-13H2,1-2H3. The van der Waals surface area contributed by atoms with E-state index in [-0.39, 0.29) is 16.8 Å². The Hall–Kier alpha value is -2.74. The summed E-state index contributed by atoms with van der Waals surface area (Å²) in [5.74, 6) is 0.915. The third-order valence-corrected chi connectivity index (χ3v) is 5.82. The van der Waals surface area contributed by atoms with Crippen molar-refractivity contribution in [1.82, 2.24) is 4.90 Å². The van der Waals surface area contributed by atoms with Gasteiger partial charge in [-0.15, -0.1) is 11.8 Å². The Kier molecular flexibility index (Phi) is 6.41. The number of non-ortho nitro benzene ring substituents is 1. The predicted octanol–water partition coefficient (Wildman–Crippen LogP) is 3.43. The monoisotopic (exact) mass is 401 g/mol. The molecule has 1 amide bonds. The van der Waals surface area contributed by atoms with Crippen molar-refractivity contribution in [3.8, 4) is 5.75 Å². The molecule has 0 aliphatic carbocycles. The van der Waals surface area contributed by atoms with Crippen LogP contribution in [0, 0.1) is 10.1 Å². The second-order valence-electron chi connectivity index (χ2n) is 6.52. The number of hydrogen-bond donors (Lipinski definition) is 0. The topological polar surface area (TPSA) is 75.9 Å². The molecule has 1 atom stereocenters. The third-order valence-electron chi connectivity index (χ3n) is 4.72. The highest BCUT2D eigenvalue weighted by Crippen LogP contribution is 2.27. The van der Waals surface area contributed by atoms with E-state index in [1.54, 1.807) is 19.2 Å². The lowest BCUT2D eigenvalue weighted by molar-refractivity contribution is -0.384. The first kappa shape index (κ1) is 20.0. The van der Waals surface area contributed by atoms with E-state index in [9.17, 15) is 14.9 Å². The Morgan fingerprint density at radius 3 is 2.43 bits per heavy atom. The maximum Gasteiger partial charge on any atom is 0.269 e. The summed E-state index contributed by atoms with van der Waals surface area (Å²) in [6.45, 7) is 4.76. The van der Waals surface area contributed by atoms with Gasteiger partial charge in [0, 0.05) is 55.0 Å². The van der Waals surface area contributed by atoms with Gasteiger partial charge < -0.3 is 14.5 Å². The summed E-state index contributed by atoms with van der Waals surface area (Å²) >= 11 is 1.42. The lowest BCUT2D eigenvalue weighted by atomic mass is 10.2. The van der Waals surface area contributed by atoms with E-state index >= 15 is 0 Å². The highest BCUT2D eigenvalue weighted by Gasteiger charge is 2.26. The van der Waals surface area contributed by atoms with E-state index in [1.807, 2.05) is 36.1 Å². The highest BCUT2D eigenvalue weighted by molar-refractivity contribution is 8.00. The highest BCUT2D eigenvalue weighted by atomic mass is 32.2. The Morgan fingerprint density at radius 1 is 1.14 bits per heavy atom. The second kappa shape index (κ2) is 8.97. The molecule has 1 saturated heterocycles. The minimum Gasteiger partial charge on any atom is -0.497 e. The number of anilines is 1. The summed E-state index contributed by atoms with van der Waals surface area (Å²) in [5.41, 5.74) is 1.15. The van der Waals surface area contributed by atoms with Gasteiger partial charge in [-0.25, -0.2) is 0 Å². The average molecular weight is 401 g/mol. The normalized spacial score (nSPS) is 15.2. The van der Waals surface area contributed by atoms with Crippen molar-refractivity contribution in [2.75, 3.05) is 38.2 Å². The van der Waals surface area contributed by atoms with Crippen LogP contribution in [0.25, 0.3) is 0 Å². The lowest BCUT2D eigenvalue weighted by Gasteiger charge is -2.37. The molecule has 0 radical (unpaired) electrons. The van der Waals surface area contributed by atoms with E-state index in [4.69, 9.17) is 4.74 Å². The number of nitro groups is 1. The van der Waals surface area contributed by atoms with Crippen molar-refractivity contribution in [3.05, 3.63) is 58.6 Å². The van der Waals surface area contributed by atoms with Crippen LogP contribution in [0.2, 0.25) is 0 Å². The number of nitrogens with zero attached hydrogens (tertiary/aromatic N) is 3. The first-order valence-electron chi connectivity index (χ1n) is 9.07. The molecule has 1 fully saturated rings. The van der Waals surface area contributed by atoms with Crippen LogP contribution >= 0.6 is 11.8 Å². The van der Waals surface area contributed by atoms with Crippen molar-refractivity contribution in [1.29, 1.82) is 0 Å². The number of rotatable bonds is 6. The minimum atomic E-state index is -0.426. The predicted molar refractivity (Wildman–Crippen MR) is 110 cm³/mol. The van der Waals surface area contributed by atoms with Gasteiger partial charge in [-0.1, -0.05) is 6.07 Å². The molecule has 148 valence electrons. The van der Waals surface area contributed by atoms with Crippen LogP contribution < -0.4 is 9.64 Å². The lowest BCUT2D eigenvalue weighted by Crippen LogP contribution is -2.50. The van der Waals surface area contributed by atoms with Gasteiger partial charge >= 0.3 is 0 Å². The van der Waals surface area contributed by atoms with Crippen molar-refractivity contribution in [2.24, 2.45) is 0 Å². The van der Waals surface area contributed by atoms with Gasteiger partial charge in [-0.2, -0.15) is 0 Å². The molecule has 28 heavy (non-hydrogen) atoms. The molecule has 1 aliphatic rings. The van der Waals surface area contributed by atoms with Crippen LogP contribution in [0.15, 0.2) is 53.4 Å². The van der Waals surface area contributed by atoms with Gasteiger partial charge in [0.1, 0.15) is 5.75 Å². The summed E-state index contributed by atoms with van der Waals surface area (Å²) in [6.07, 6.45) is 0. The number of carbonyl (C=O) groups is 1. The van der Waals surface area contributed by atoms with Crippen molar-refractivity contribution < 1.29 is 14.5 Å². The molecule has 0 spiro atoms. The summed E-state index contributed by atoms with van der Waals surface area (Å²) in [7, 11) is 1.65. The van der Waals surface area contributed by atoms with Crippen molar-refractivity contribution in [3.63, 3.8) is 0 Å². The maximum atomic E-state index is 12.8. The molecular formula is C20H23N3O4S. The zero-order valence-electron chi connectivity index (χ0n) is 15.9. The number of methoxy groups -OCH3 is 1. The summed E-state index contributed by atoms with van der Waals surface area (Å²) in [6, 6.07) is 14.2. The summed E-state index contributed by atoms with van der Waals surface area (Å²) in [4.78, 5) is 28.1. The van der Waals surface area contributed by atoms with Crippen molar-refractivity contribution >= 4 is 29.0 Å². The van der Waals surface area contributed by atoms with Crippen LogP contribution in [0.4, 0.5) is 11.4 Å². The molecule has 1 unspecified atom stereocenters. The molecular weight excluding hydrogens is 378 g/mol. The number of thioether (sulfide) groups is 1. The van der Waals surface area contributed by atoms with Crippen LogP contribution in [0.5, 0.6) is 5.75 Å². The first-order chi connectivity index (χ1) is 13.5. The molecule has 8 heteroatoms. The van der Waals surface area contributed by atoms with Gasteiger partial charge in [0.2, 0.25) is 5.91 Å². The number of hydrogen-bond acceptors (Lipinski definition) is 6. The fourth-order valence-electron chi connectivity index (χ4n) is 3.15. The van der Waals surface area contributed by atoms with E-state index in [0.717, 1.165) is 29.4 Å². The third kappa shape index (κ3) is 4.75. The molecule has 0 aromatic heterocycles. The number of carbonyl (C=O) groups excluding carboxylic acids is 1. The van der Waals surface area contributed by atoms with Crippen LogP contribution in [-0.2, 0) is 4.79 Å². The largest absolute Gasteiger partial charge is 0.497 e. The fourth-order valence-corrected chi connectivity index (χ4v) is 4.10. The Bertz CT molecular complexity index is 836. The fraction of sp³-hybridized carbons (Fsp3) is 0.350. The maximum absolute atomic E-state index is 12.8. The number of ether oxygens (including phenoxy) is 1. The van der Waals surface area contributed by atoms with Crippen LogP contribution in [0.3, 0.4) is 0 Å². The molecule has 0 saturated carbocycles. The smallest absolute Gasteiger partial charge is 0.269 e. The van der Waals surface area contributed by atoms with Crippen molar-refractivity contribution in [2.45, 2.75) is 17.1 Å². The SMILES string of the molecule is COc1cccc(N2CCN(C(=O)C(C)Sc3ccc([N+](=O)[O-])cc3)CC2)c1. The van der Waals surface area contributed by atoms with Gasteiger partial charge in [0.15, 0.2) is 0 Å². The minimum absolute atomic E-state index is 0.0528. The molecule has 2 aromatic rings. The molecule has 0 N–H and O–H groups in total. The molecule has 1 heterocycles. The molecule has 0 bridgehead atoms. The van der Waals surface area contributed by atoms with Gasteiger partial charge in [0.25, 0.3) is 5.69 Å². The quantitative estimate of drug-likeness (QED) is 0.419. The first-order valence-corrected chi connectivity index (χ1v) is 9.95. The zero-order valence-corrected chi connectivity index (χ0v) is 16.7. The van der Waals surface area contributed by atoms with E-state index in [1.165, 1.54) is 23.9 Å². The van der Waals surface area contributed by atoms with Gasteiger partial charge in [-0.05, 0) is 31.2 Å².